The van der Waals surface area contributed by atoms with Gasteiger partial charge >= 0.3 is 0 Å². The van der Waals surface area contributed by atoms with Crippen molar-refractivity contribution in [2.75, 3.05) is 33.7 Å². The number of nitrogens with one attached hydrogen (secondary N) is 2. The number of nitrogens with zero attached hydrogens (tertiary/aromatic N) is 2. The first-order chi connectivity index (χ1) is 8.64. The van der Waals surface area contributed by atoms with E-state index >= 15 is 0 Å². The molecule has 1 amide bonds. The van der Waals surface area contributed by atoms with E-state index in [2.05, 4.69) is 15.6 Å². The smallest absolute Gasteiger partial charge is 0.230 e. The Kier molecular flexibility index (Phi) is 6.35. The van der Waals surface area contributed by atoms with Crippen LogP contribution < -0.4 is 10.6 Å². The van der Waals surface area contributed by atoms with Crippen LogP contribution in [0.5, 0.6) is 0 Å². The first kappa shape index (κ1) is 16.5. The van der Waals surface area contributed by atoms with Crippen LogP contribution in [0.2, 0.25) is 0 Å². The quantitative estimate of drug-likeness (QED) is 0.724. The van der Waals surface area contributed by atoms with Crippen molar-refractivity contribution in [3.8, 4) is 0 Å². The Bertz CT molecular complexity index is 338. The zero-order valence-corrected chi connectivity index (χ0v) is 14.2. The van der Waals surface area contributed by atoms with E-state index in [9.17, 15) is 4.79 Å². The Morgan fingerprint density at radius 3 is 2.58 bits per heavy atom. The van der Waals surface area contributed by atoms with Crippen LogP contribution in [0.1, 0.15) is 32.1 Å². The maximum absolute atomic E-state index is 12.4. The van der Waals surface area contributed by atoms with Gasteiger partial charge in [0.25, 0.3) is 0 Å². The fourth-order valence-electron chi connectivity index (χ4n) is 2.90. The molecule has 0 aromatic carbocycles. The van der Waals surface area contributed by atoms with Gasteiger partial charge in [-0.05, 0) is 19.3 Å². The summed E-state index contributed by atoms with van der Waals surface area (Å²) in [6, 6.07) is 0. The van der Waals surface area contributed by atoms with Crippen LogP contribution in [0.25, 0.3) is 0 Å². The third kappa shape index (κ3) is 3.97. The molecule has 0 spiro atoms. The van der Waals surface area contributed by atoms with Gasteiger partial charge in [0.05, 0.1) is 5.41 Å². The summed E-state index contributed by atoms with van der Waals surface area (Å²) in [7, 11) is 3.69. The summed E-state index contributed by atoms with van der Waals surface area (Å²) in [5, 5.41) is 6.57. The zero-order chi connectivity index (χ0) is 13.0. The molecule has 6 heteroatoms. The van der Waals surface area contributed by atoms with E-state index in [1.54, 1.807) is 4.90 Å². The minimum Gasteiger partial charge on any atom is -0.356 e. The molecule has 1 fully saturated rings. The number of rotatable bonds is 3. The average Bonchev–Trinajstić information content (AvgIpc) is 2.86. The maximum atomic E-state index is 12.4. The Hall–Kier alpha value is -0.530. The van der Waals surface area contributed by atoms with Crippen molar-refractivity contribution in [3.05, 3.63) is 0 Å². The Labute approximate surface area is 132 Å². The molecule has 1 aliphatic heterocycles. The molecule has 0 radical (unpaired) electrons. The molecule has 2 N–H and O–H groups in total. The second-order valence-corrected chi connectivity index (χ2v) is 5.55. The summed E-state index contributed by atoms with van der Waals surface area (Å²) in [5.74, 6) is 1.11. The van der Waals surface area contributed by atoms with E-state index in [4.69, 9.17) is 0 Å². The number of aliphatic imine (C=N–C) groups is 1. The van der Waals surface area contributed by atoms with Crippen LogP contribution in [-0.4, -0.2) is 50.5 Å². The highest BCUT2D eigenvalue weighted by Gasteiger charge is 2.42. The van der Waals surface area contributed by atoms with Crippen LogP contribution in [0.3, 0.4) is 0 Å². The average molecular weight is 380 g/mol. The number of guanidine groups is 1. The SMILES string of the molecule is CN(C)C(=O)C1(CNC2=NCCCN2)CCCC1.I. The fourth-order valence-corrected chi connectivity index (χ4v) is 2.90. The lowest BCUT2D eigenvalue weighted by Crippen LogP contribution is -2.50. The van der Waals surface area contributed by atoms with Crippen molar-refractivity contribution >= 4 is 35.8 Å². The lowest BCUT2D eigenvalue weighted by Gasteiger charge is -2.31. The van der Waals surface area contributed by atoms with Crippen LogP contribution in [0, 0.1) is 5.41 Å². The van der Waals surface area contributed by atoms with Gasteiger partial charge in [-0.3, -0.25) is 9.79 Å². The number of amides is 1. The first-order valence-electron chi connectivity index (χ1n) is 6.88. The van der Waals surface area contributed by atoms with Crippen molar-refractivity contribution < 1.29 is 4.79 Å². The molecule has 0 unspecified atom stereocenters. The Morgan fingerprint density at radius 2 is 2.05 bits per heavy atom. The lowest BCUT2D eigenvalue weighted by atomic mass is 9.84. The molecule has 2 rings (SSSR count). The van der Waals surface area contributed by atoms with Gasteiger partial charge in [0.1, 0.15) is 0 Å². The van der Waals surface area contributed by atoms with Gasteiger partial charge in [0, 0.05) is 33.7 Å². The molecule has 0 aromatic heterocycles. The molecule has 5 nitrogen and oxygen atoms in total. The van der Waals surface area contributed by atoms with Gasteiger partial charge in [-0.15, -0.1) is 24.0 Å². The number of halogens is 1. The van der Waals surface area contributed by atoms with Crippen LogP contribution in [-0.2, 0) is 4.79 Å². The van der Waals surface area contributed by atoms with Gasteiger partial charge in [-0.2, -0.15) is 0 Å². The largest absolute Gasteiger partial charge is 0.356 e. The highest BCUT2D eigenvalue weighted by atomic mass is 127. The number of hydrogen-bond acceptors (Lipinski definition) is 4. The van der Waals surface area contributed by atoms with Crippen LogP contribution >= 0.6 is 24.0 Å². The third-order valence-corrected chi connectivity index (χ3v) is 3.91. The van der Waals surface area contributed by atoms with E-state index in [1.165, 1.54) is 0 Å². The minimum absolute atomic E-state index is 0. The monoisotopic (exact) mass is 380 g/mol. The molecule has 0 aromatic rings. The van der Waals surface area contributed by atoms with Gasteiger partial charge in [-0.1, -0.05) is 12.8 Å². The van der Waals surface area contributed by atoms with Gasteiger partial charge in [0.2, 0.25) is 5.91 Å². The summed E-state index contributed by atoms with van der Waals surface area (Å²) in [5.41, 5.74) is -0.217. The zero-order valence-electron chi connectivity index (χ0n) is 11.9. The second kappa shape index (κ2) is 7.31. The summed E-state index contributed by atoms with van der Waals surface area (Å²) in [6.07, 6.45) is 5.38. The second-order valence-electron chi connectivity index (χ2n) is 5.55. The predicted molar refractivity (Wildman–Crippen MR) is 87.9 cm³/mol. The van der Waals surface area contributed by atoms with Gasteiger partial charge < -0.3 is 15.5 Å². The molecule has 19 heavy (non-hydrogen) atoms. The standard InChI is InChI=1S/C13H24N4O.HI/c1-17(2)11(18)13(6-3-4-7-13)10-16-12-14-8-5-9-15-12;/h3-10H2,1-2H3,(H2,14,15,16);1H. The third-order valence-electron chi connectivity index (χ3n) is 3.91. The maximum Gasteiger partial charge on any atom is 0.230 e. The highest BCUT2D eigenvalue weighted by molar-refractivity contribution is 14.0. The molecular formula is C13H25IN4O. The molecule has 1 aliphatic carbocycles. The minimum atomic E-state index is -0.217. The number of hydrogen-bond donors (Lipinski definition) is 2. The molecule has 2 aliphatic rings. The van der Waals surface area contributed by atoms with E-state index in [0.29, 0.717) is 6.54 Å². The van der Waals surface area contributed by atoms with Gasteiger partial charge in [0.15, 0.2) is 5.96 Å². The van der Waals surface area contributed by atoms with Crippen LogP contribution in [0.15, 0.2) is 4.99 Å². The number of carbonyl (C=O) groups excluding carboxylic acids is 1. The first-order valence-corrected chi connectivity index (χ1v) is 6.88. The normalized spacial score (nSPS) is 20.8. The topological polar surface area (TPSA) is 56.7 Å². The lowest BCUT2D eigenvalue weighted by molar-refractivity contribution is -0.138. The molecule has 1 heterocycles. The fraction of sp³-hybridized carbons (Fsp3) is 0.846. The van der Waals surface area contributed by atoms with E-state index in [1.807, 2.05) is 14.1 Å². The predicted octanol–water partition coefficient (Wildman–Crippen LogP) is 1.19. The Morgan fingerprint density at radius 1 is 1.37 bits per heavy atom. The van der Waals surface area contributed by atoms with E-state index in [-0.39, 0.29) is 35.3 Å². The van der Waals surface area contributed by atoms with Crippen molar-refractivity contribution in [3.63, 3.8) is 0 Å². The van der Waals surface area contributed by atoms with Crippen LogP contribution in [0.4, 0.5) is 0 Å². The molecule has 110 valence electrons. The van der Waals surface area contributed by atoms with Crippen molar-refractivity contribution in [1.82, 2.24) is 15.5 Å². The molecule has 0 saturated heterocycles. The van der Waals surface area contributed by atoms with Crippen molar-refractivity contribution in [2.24, 2.45) is 10.4 Å². The van der Waals surface area contributed by atoms with Gasteiger partial charge in [-0.25, -0.2) is 0 Å². The number of carbonyl (C=O) groups is 1. The summed E-state index contributed by atoms with van der Waals surface area (Å²) < 4.78 is 0. The van der Waals surface area contributed by atoms with Crippen molar-refractivity contribution in [2.45, 2.75) is 32.1 Å². The molecule has 0 bridgehead atoms. The molecule has 1 saturated carbocycles. The Balaban J connectivity index is 0.00000180. The van der Waals surface area contributed by atoms with E-state index < -0.39 is 0 Å². The summed E-state index contributed by atoms with van der Waals surface area (Å²) in [6.45, 7) is 2.56. The summed E-state index contributed by atoms with van der Waals surface area (Å²) >= 11 is 0. The highest BCUT2D eigenvalue weighted by Crippen LogP contribution is 2.38. The van der Waals surface area contributed by atoms with Crippen molar-refractivity contribution in [1.29, 1.82) is 0 Å². The summed E-state index contributed by atoms with van der Waals surface area (Å²) in [4.78, 5) is 18.5. The molecule has 0 atom stereocenters. The molecular weight excluding hydrogens is 355 g/mol. The van der Waals surface area contributed by atoms with E-state index in [0.717, 1.165) is 51.2 Å².